The number of benzene rings is 2. The average Bonchev–Trinajstić information content (AvgIpc) is 2.58. The van der Waals surface area contributed by atoms with Crippen molar-refractivity contribution in [3.05, 3.63) is 59.7 Å². The smallest absolute Gasteiger partial charge is 0.131 e. The molecule has 0 fully saturated rings. The number of rotatable bonds is 1. The van der Waals surface area contributed by atoms with E-state index >= 15 is 0 Å². The molecule has 0 atom stereocenters. The molecule has 0 unspecified atom stereocenters. The molecule has 1 heterocycles. The van der Waals surface area contributed by atoms with Crippen molar-refractivity contribution in [3.8, 4) is 16.9 Å². The van der Waals surface area contributed by atoms with E-state index in [9.17, 15) is 9.50 Å². The van der Waals surface area contributed by atoms with Gasteiger partial charge in [0.1, 0.15) is 11.6 Å². The fourth-order valence-electron chi connectivity index (χ4n) is 4.26. The minimum Gasteiger partial charge on any atom is -0.507 e. The first-order valence-electron chi connectivity index (χ1n) is 9.11. The number of aromatic nitrogens is 1. The zero-order valence-corrected chi connectivity index (χ0v) is 15.7. The molecule has 4 rings (SSSR count). The summed E-state index contributed by atoms with van der Waals surface area (Å²) in [7, 11) is 0. The van der Waals surface area contributed by atoms with Crippen molar-refractivity contribution in [2.24, 2.45) is 0 Å². The van der Waals surface area contributed by atoms with E-state index in [1.54, 1.807) is 24.5 Å². The number of pyridine rings is 1. The van der Waals surface area contributed by atoms with E-state index in [1.807, 2.05) is 6.07 Å². The van der Waals surface area contributed by atoms with Crippen molar-refractivity contribution in [2.75, 3.05) is 0 Å². The van der Waals surface area contributed by atoms with Crippen LogP contribution in [0.5, 0.6) is 5.75 Å². The molecule has 0 bridgehead atoms. The van der Waals surface area contributed by atoms with Crippen LogP contribution in [0.25, 0.3) is 21.9 Å². The molecule has 26 heavy (non-hydrogen) atoms. The molecule has 0 saturated heterocycles. The van der Waals surface area contributed by atoms with E-state index in [0.29, 0.717) is 11.1 Å². The Bertz CT molecular complexity index is 1020. The molecule has 0 spiro atoms. The number of phenols is 1. The first-order chi connectivity index (χ1) is 12.2. The molecule has 1 aliphatic carbocycles. The van der Waals surface area contributed by atoms with E-state index in [2.05, 4.69) is 38.7 Å². The van der Waals surface area contributed by atoms with Crippen LogP contribution < -0.4 is 0 Å². The molecule has 0 radical (unpaired) electrons. The van der Waals surface area contributed by atoms with Gasteiger partial charge in [0.2, 0.25) is 0 Å². The zero-order valence-electron chi connectivity index (χ0n) is 15.7. The Morgan fingerprint density at radius 1 is 0.923 bits per heavy atom. The van der Waals surface area contributed by atoms with Gasteiger partial charge in [0.15, 0.2) is 0 Å². The van der Waals surface area contributed by atoms with Crippen molar-refractivity contribution in [3.63, 3.8) is 0 Å². The number of halogens is 1. The van der Waals surface area contributed by atoms with Crippen LogP contribution >= 0.6 is 0 Å². The normalized spacial score (nSPS) is 17.9. The number of nitrogens with zero attached hydrogens (tertiary/aromatic N) is 1. The van der Waals surface area contributed by atoms with Crippen molar-refractivity contribution in [1.82, 2.24) is 4.98 Å². The lowest BCUT2D eigenvalue weighted by atomic mass is 9.62. The van der Waals surface area contributed by atoms with Crippen LogP contribution in [-0.4, -0.2) is 10.1 Å². The molecule has 134 valence electrons. The summed E-state index contributed by atoms with van der Waals surface area (Å²) in [6, 6.07) is 9.01. The van der Waals surface area contributed by atoms with E-state index in [4.69, 9.17) is 0 Å². The van der Waals surface area contributed by atoms with Crippen molar-refractivity contribution in [1.29, 1.82) is 0 Å². The molecule has 0 saturated carbocycles. The van der Waals surface area contributed by atoms with E-state index in [0.717, 1.165) is 34.7 Å². The summed E-state index contributed by atoms with van der Waals surface area (Å²) in [6.45, 7) is 8.74. The predicted molar refractivity (Wildman–Crippen MR) is 104 cm³/mol. The monoisotopic (exact) mass is 349 g/mol. The highest BCUT2D eigenvalue weighted by Gasteiger charge is 2.39. The van der Waals surface area contributed by atoms with Gasteiger partial charge in [-0.25, -0.2) is 4.39 Å². The maximum atomic E-state index is 14.8. The van der Waals surface area contributed by atoms with Crippen LogP contribution in [0.4, 0.5) is 4.39 Å². The van der Waals surface area contributed by atoms with Crippen LogP contribution in [0.2, 0.25) is 0 Å². The topological polar surface area (TPSA) is 33.1 Å². The predicted octanol–water partition coefficient (Wildman–Crippen LogP) is 6.10. The van der Waals surface area contributed by atoms with Gasteiger partial charge in [0.25, 0.3) is 0 Å². The molecular formula is C23H24FNO. The average molecular weight is 349 g/mol. The first-order valence-corrected chi connectivity index (χ1v) is 9.11. The molecule has 0 amide bonds. The Morgan fingerprint density at radius 3 is 2.42 bits per heavy atom. The largest absolute Gasteiger partial charge is 0.507 e. The number of phenolic OH excluding ortho intramolecular Hbond substituents is 1. The van der Waals surface area contributed by atoms with E-state index in [-0.39, 0.29) is 22.4 Å². The lowest BCUT2D eigenvalue weighted by Crippen LogP contribution is -2.33. The summed E-state index contributed by atoms with van der Waals surface area (Å²) in [5.41, 5.74) is 2.96. The van der Waals surface area contributed by atoms with Gasteiger partial charge >= 0.3 is 0 Å². The second kappa shape index (κ2) is 5.54. The van der Waals surface area contributed by atoms with Gasteiger partial charge < -0.3 is 5.11 Å². The van der Waals surface area contributed by atoms with Crippen LogP contribution in [0.15, 0.2) is 42.7 Å². The lowest BCUT2D eigenvalue weighted by Gasteiger charge is -2.42. The lowest BCUT2D eigenvalue weighted by molar-refractivity contribution is 0.318. The van der Waals surface area contributed by atoms with Crippen molar-refractivity contribution in [2.45, 2.75) is 51.4 Å². The second-order valence-electron chi connectivity index (χ2n) is 8.71. The van der Waals surface area contributed by atoms with E-state index in [1.165, 1.54) is 6.07 Å². The first kappa shape index (κ1) is 17.0. The Balaban J connectivity index is 1.99. The van der Waals surface area contributed by atoms with Crippen molar-refractivity contribution < 1.29 is 9.50 Å². The second-order valence-corrected chi connectivity index (χ2v) is 8.71. The molecule has 1 N–H and O–H groups in total. The van der Waals surface area contributed by atoms with Gasteiger partial charge in [-0.15, -0.1) is 0 Å². The molecular weight excluding hydrogens is 325 g/mol. The Labute approximate surface area is 153 Å². The standard InChI is InChI=1S/C23H24FNO/c1-22(2)8-9-23(3,4)20-18(22)6-5-16(21(20)26)17-11-15-13-25-10-7-14(15)12-19(17)24/h5-7,10-13,26H,8-9H2,1-4H3. The molecule has 3 heteroatoms. The highest BCUT2D eigenvalue weighted by Crippen LogP contribution is 2.51. The summed E-state index contributed by atoms with van der Waals surface area (Å²) in [5.74, 6) is -0.116. The summed E-state index contributed by atoms with van der Waals surface area (Å²) in [6.07, 6.45) is 5.44. The SMILES string of the molecule is CC1(C)CCC(C)(C)c2c1ccc(-c1cc3cnccc3cc1F)c2O. The fourth-order valence-corrected chi connectivity index (χ4v) is 4.26. The fraction of sp³-hybridized carbons (Fsp3) is 0.348. The molecule has 0 aliphatic heterocycles. The van der Waals surface area contributed by atoms with Gasteiger partial charge in [0.05, 0.1) is 0 Å². The molecule has 2 aromatic carbocycles. The minimum absolute atomic E-state index is 0.00666. The van der Waals surface area contributed by atoms with Crippen LogP contribution in [0.3, 0.4) is 0 Å². The third kappa shape index (κ3) is 2.49. The molecule has 1 aromatic heterocycles. The third-order valence-electron chi connectivity index (χ3n) is 5.98. The summed E-state index contributed by atoms with van der Waals surface area (Å²) in [4.78, 5) is 4.13. The summed E-state index contributed by atoms with van der Waals surface area (Å²) < 4.78 is 14.8. The molecule has 1 aliphatic rings. The molecule has 3 aromatic rings. The minimum atomic E-state index is -0.327. The highest BCUT2D eigenvalue weighted by molar-refractivity contribution is 5.88. The third-order valence-corrected chi connectivity index (χ3v) is 5.98. The Morgan fingerprint density at radius 2 is 1.65 bits per heavy atom. The maximum Gasteiger partial charge on any atom is 0.131 e. The van der Waals surface area contributed by atoms with Gasteiger partial charge in [-0.2, -0.15) is 0 Å². The Hall–Kier alpha value is -2.42. The van der Waals surface area contributed by atoms with E-state index < -0.39 is 0 Å². The maximum absolute atomic E-state index is 14.8. The van der Waals surface area contributed by atoms with Crippen LogP contribution in [-0.2, 0) is 10.8 Å². The zero-order chi connectivity index (χ0) is 18.7. The number of hydrogen-bond donors (Lipinski definition) is 1. The van der Waals surface area contributed by atoms with Gasteiger partial charge in [-0.05, 0) is 52.8 Å². The highest BCUT2D eigenvalue weighted by atomic mass is 19.1. The number of fused-ring (bicyclic) bond motifs is 2. The van der Waals surface area contributed by atoms with Crippen LogP contribution in [0.1, 0.15) is 51.7 Å². The quantitative estimate of drug-likeness (QED) is 0.576. The van der Waals surface area contributed by atoms with Crippen molar-refractivity contribution >= 4 is 10.8 Å². The van der Waals surface area contributed by atoms with Gasteiger partial charge in [-0.1, -0.05) is 39.8 Å². The molecule has 2 nitrogen and oxygen atoms in total. The number of hydrogen-bond acceptors (Lipinski definition) is 2. The van der Waals surface area contributed by atoms with Gasteiger partial charge in [-0.3, -0.25) is 4.98 Å². The summed E-state index contributed by atoms with van der Waals surface area (Å²) in [5, 5.41) is 12.8. The van der Waals surface area contributed by atoms with Crippen LogP contribution in [0, 0.1) is 5.82 Å². The summed E-state index contributed by atoms with van der Waals surface area (Å²) >= 11 is 0. The van der Waals surface area contributed by atoms with Gasteiger partial charge in [0, 0.05) is 34.5 Å². The Kier molecular flexibility index (Phi) is 3.62. The number of aromatic hydroxyl groups is 1.